The molecule has 0 N–H and O–H groups in total. The van der Waals surface area contributed by atoms with Crippen LogP contribution in [-0.2, 0) is 12.4 Å². The highest BCUT2D eigenvalue weighted by Gasteiger charge is 2.37. The summed E-state index contributed by atoms with van der Waals surface area (Å²) in [5.41, 5.74) is 7.46. The normalized spacial score (nSPS) is 11.9. The maximum atomic E-state index is 15.5. The molecule has 9 aromatic carbocycles. The van der Waals surface area contributed by atoms with E-state index in [1.807, 2.05) is 152 Å². The topological polar surface area (TPSA) is 30.7 Å². The fourth-order valence-electron chi connectivity index (χ4n) is 9.55. The fraction of sp³-hybridized carbons (Fsp3) is 0.0645. The summed E-state index contributed by atoms with van der Waals surface area (Å²) >= 11 is 0. The molecule has 11 rings (SSSR count). The van der Waals surface area contributed by atoms with E-state index in [0.29, 0.717) is 33.8 Å². The summed E-state index contributed by atoms with van der Waals surface area (Å²) in [7, 11) is 0. The number of halogens is 6. The summed E-state index contributed by atoms with van der Waals surface area (Å²) < 4.78 is 95.1. The van der Waals surface area contributed by atoms with E-state index in [4.69, 9.17) is 9.97 Å². The number of hydrogen-bond acceptors (Lipinski definition) is 2. The average molecular weight is 942 g/mol. The predicted molar refractivity (Wildman–Crippen MR) is 274 cm³/mol. The molecule has 0 atom stereocenters. The number of alkyl halides is 6. The van der Waals surface area contributed by atoms with Gasteiger partial charge in [-0.3, -0.25) is 0 Å². The van der Waals surface area contributed by atoms with Crippen LogP contribution in [0.15, 0.2) is 212 Å². The number of aryl methyl sites for hydroxylation is 2. The maximum Gasteiger partial charge on any atom is 0.417 e. The Bertz CT molecular complexity index is 3540. The van der Waals surface area contributed by atoms with Crippen LogP contribution >= 0.6 is 0 Å². The third kappa shape index (κ3) is 8.54. The van der Waals surface area contributed by atoms with Gasteiger partial charge in [0.2, 0.25) is 0 Å². The predicted octanol–water partition coefficient (Wildman–Crippen LogP) is 17.9. The molecule has 2 heterocycles. The van der Waals surface area contributed by atoms with E-state index in [2.05, 4.69) is 12.1 Å². The average Bonchev–Trinajstić information content (AvgIpc) is 3.71. The van der Waals surface area contributed by atoms with Crippen LogP contribution in [0.5, 0.6) is 0 Å². The van der Waals surface area contributed by atoms with Crippen molar-refractivity contribution < 1.29 is 26.3 Å². The number of rotatable bonds is 8. The molecule has 9 heteroatoms. The van der Waals surface area contributed by atoms with Gasteiger partial charge in [-0.2, -0.15) is 26.3 Å². The zero-order chi connectivity index (χ0) is 49.0. The number of hydrogen-bond donors (Lipinski definition) is 0. The van der Waals surface area contributed by atoms with Crippen molar-refractivity contribution in [2.75, 3.05) is 0 Å². The van der Waals surface area contributed by atoms with E-state index in [1.54, 1.807) is 18.2 Å². The van der Waals surface area contributed by atoms with Crippen LogP contribution in [0.1, 0.15) is 22.3 Å². The highest BCUT2D eigenvalue weighted by atomic mass is 19.4. The Morgan fingerprint density at radius 3 is 1.18 bits per heavy atom. The molecule has 0 amide bonds. The third-order valence-electron chi connectivity index (χ3n) is 13.0. The molecule has 0 spiro atoms. The molecule has 0 radical (unpaired) electrons. The van der Waals surface area contributed by atoms with Crippen LogP contribution in [0.25, 0.3) is 106 Å². The van der Waals surface area contributed by atoms with Gasteiger partial charge in [-0.05, 0) is 102 Å². The summed E-state index contributed by atoms with van der Waals surface area (Å²) in [6.45, 7) is 4.02. The summed E-state index contributed by atoms with van der Waals surface area (Å²) in [6, 6.07) is 62.1. The first-order valence-electron chi connectivity index (χ1n) is 23.0. The molecule has 3 nitrogen and oxygen atoms in total. The van der Waals surface area contributed by atoms with Crippen LogP contribution < -0.4 is 0 Å². The van der Waals surface area contributed by atoms with Crippen LogP contribution in [0.4, 0.5) is 26.3 Å². The van der Waals surface area contributed by atoms with Gasteiger partial charge in [-0.15, -0.1) is 0 Å². The number of aromatic nitrogens is 3. The SMILES string of the molecule is Cc1ccc(-c2ccc3c(c2)c2cc(-c4ccc(C)cc4)ccc2n3-c2c(-c3ccccc3C(F)(F)F)cc(-c3cc(-c4ccccc4)nc(-c4ccccc4)n3)cc2-c2ccccc2C(F)(F)F)cc1. The van der Waals surface area contributed by atoms with Crippen molar-refractivity contribution in [3.05, 3.63) is 235 Å². The zero-order valence-corrected chi connectivity index (χ0v) is 38.3. The van der Waals surface area contributed by atoms with Crippen molar-refractivity contribution in [3.63, 3.8) is 0 Å². The van der Waals surface area contributed by atoms with E-state index in [-0.39, 0.29) is 33.5 Å². The Hall–Kier alpha value is -8.56. The molecule has 0 bridgehead atoms. The Balaban J connectivity index is 1.31. The molecule has 0 aliphatic heterocycles. The van der Waals surface area contributed by atoms with Gasteiger partial charge in [-0.25, -0.2) is 9.97 Å². The molecule has 2 aromatic heterocycles. The molecule has 0 aliphatic carbocycles. The van der Waals surface area contributed by atoms with Crippen LogP contribution in [0.2, 0.25) is 0 Å². The largest absolute Gasteiger partial charge is 0.417 e. The molecule has 0 unspecified atom stereocenters. The summed E-state index contributed by atoms with van der Waals surface area (Å²) in [5.74, 6) is 0.330. The minimum absolute atomic E-state index is 0.0487. The van der Waals surface area contributed by atoms with Crippen molar-refractivity contribution >= 4 is 21.8 Å². The monoisotopic (exact) mass is 941 g/mol. The molecule has 0 fully saturated rings. The van der Waals surface area contributed by atoms with Crippen molar-refractivity contribution in [2.45, 2.75) is 26.2 Å². The molecule has 11 aromatic rings. The van der Waals surface area contributed by atoms with Crippen molar-refractivity contribution in [1.82, 2.24) is 14.5 Å². The molecular weight excluding hydrogens is 901 g/mol. The lowest BCUT2D eigenvalue weighted by Gasteiger charge is -2.24. The van der Waals surface area contributed by atoms with Crippen molar-refractivity contribution in [1.29, 1.82) is 0 Å². The van der Waals surface area contributed by atoms with E-state index < -0.39 is 23.5 Å². The first kappa shape index (κ1) is 44.9. The summed E-state index contributed by atoms with van der Waals surface area (Å²) in [5, 5.41) is 1.52. The second kappa shape index (κ2) is 17.8. The van der Waals surface area contributed by atoms with Gasteiger partial charge in [0.1, 0.15) is 0 Å². The smallest absolute Gasteiger partial charge is 0.308 e. The van der Waals surface area contributed by atoms with Gasteiger partial charge >= 0.3 is 12.4 Å². The number of fused-ring (bicyclic) bond motifs is 3. The highest BCUT2D eigenvalue weighted by molar-refractivity contribution is 6.13. The zero-order valence-electron chi connectivity index (χ0n) is 38.3. The Morgan fingerprint density at radius 2 is 0.732 bits per heavy atom. The standard InChI is InChI=1S/C62H41F6N3/c1-38-21-25-40(26-22-38)44-29-31-57-49(33-44)50-34-45(41-27-23-39(2)24-28-41)30-32-58(50)71(57)59-51(47-17-9-11-19-53(47)61(63,64)65)35-46(36-52(59)48-18-10-12-20-54(48)62(66,67)68)56-37-55(42-13-5-3-6-14-42)69-60(70-56)43-15-7-4-8-16-43/h3-37H,1-2H3. The molecule has 0 aliphatic rings. The molecule has 346 valence electrons. The lowest BCUT2D eigenvalue weighted by atomic mass is 9.88. The Kier molecular flexibility index (Phi) is 11.2. The van der Waals surface area contributed by atoms with Crippen molar-refractivity contribution in [3.8, 4) is 84.1 Å². The second-order valence-electron chi connectivity index (χ2n) is 17.7. The quantitative estimate of drug-likeness (QED) is 0.142. The lowest BCUT2D eigenvalue weighted by Crippen LogP contribution is -2.11. The number of nitrogens with zero attached hydrogens (tertiary/aromatic N) is 3. The summed E-state index contributed by atoms with van der Waals surface area (Å²) in [4.78, 5) is 9.96. The Labute approximate surface area is 406 Å². The lowest BCUT2D eigenvalue weighted by molar-refractivity contribution is -0.137. The molecule has 0 saturated heterocycles. The second-order valence-corrected chi connectivity index (χ2v) is 17.7. The van der Waals surface area contributed by atoms with Gasteiger partial charge < -0.3 is 4.57 Å². The third-order valence-corrected chi connectivity index (χ3v) is 13.0. The van der Waals surface area contributed by atoms with Crippen LogP contribution in [0.3, 0.4) is 0 Å². The fourth-order valence-corrected chi connectivity index (χ4v) is 9.55. The Morgan fingerprint density at radius 1 is 0.338 bits per heavy atom. The van der Waals surface area contributed by atoms with Crippen molar-refractivity contribution in [2.24, 2.45) is 0 Å². The van der Waals surface area contributed by atoms with Crippen LogP contribution in [-0.4, -0.2) is 14.5 Å². The van der Waals surface area contributed by atoms with Gasteiger partial charge in [0.25, 0.3) is 0 Å². The van der Waals surface area contributed by atoms with E-state index in [9.17, 15) is 0 Å². The minimum Gasteiger partial charge on any atom is -0.308 e. The van der Waals surface area contributed by atoms with Gasteiger partial charge in [0, 0.05) is 38.6 Å². The van der Waals surface area contributed by atoms with E-state index >= 15 is 26.3 Å². The minimum atomic E-state index is -4.85. The van der Waals surface area contributed by atoms with Gasteiger partial charge in [0.05, 0.1) is 39.2 Å². The van der Waals surface area contributed by atoms with Gasteiger partial charge in [0.15, 0.2) is 5.82 Å². The van der Waals surface area contributed by atoms with Crippen LogP contribution in [0, 0.1) is 13.8 Å². The molecule has 71 heavy (non-hydrogen) atoms. The molecule has 0 saturated carbocycles. The highest BCUT2D eigenvalue weighted by Crippen LogP contribution is 2.49. The first-order chi connectivity index (χ1) is 34.3. The number of benzene rings is 9. The molecular formula is C62H41F6N3. The van der Waals surface area contributed by atoms with E-state index in [0.717, 1.165) is 61.8 Å². The first-order valence-corrected chi connectivity index (χ1v) is 23.0. The van der Waals surface area contributed by atoms with E-state index in [1.165, 1.54) is 36.4 Å². The van der Waals surface area contributed by atoms with Gasteiger partial charge in [-0.1, -0.05) is 169 Å². The summed E-state index contributed by atoms with van der Waals surface area (Å²) in [6.07, 6.45) is -9.70. The maximum absolute atomic E-state index is 15.5.